The fraction of sp³-hybridized carbons (Fsp3) is 0.500. The second-order valence-electron chi connectivity index (χ2n) is 5.13. The predicted molar refractivity (Wildman–Crippen MR) is 91.3 cm³/mol. The molecule has 0 spiro atoms. The molecule has 1 aliphatic carbocycles. The van der Waals surface area contributed by atoms with Crippen molar-refractivity contribution in [3.05, 3.63) is 38.3 Å². The van der Waals surface area contributed by atoms with Crippen molar-refractivity contribution in [2.75, 3.05) is 13.7 Å². The number of nitrogens with one attached hydrogen (secondary N) is 1. The molecule has 0 atom stereocenters. The van der Waals surface area contributed by atoms with Gasteiger partial charge in [0.2, 0.25) is 0 Å². The van der Waals surface area contributed by atoms with Gasteiger partial charge in [0.1, 0.15) is 5.75 Å². The van der Waals surface area contributed by atoms with Crippen molar-refractivity contribution >= 4 is 31.9 Å². The number of hydrogen-bond donors (Lipinski definition) is 1. The molecule has 4 heteroatoms. The van der Waals surface area contributed by atoms with Crippen LogP contribution in [0.3, 0.4) is 0 Å². The summed E-state index contributed by atoms with van der Waals surface area (Å²) in [5.41, 5.74) is 2.88. The largest absolute Gasteiger partial charge is 0.494 e. The van der Waals surface area contributed by atoms with Crippen molar-refractivity contribution in [3.8, 4) is 5.75 Å². The molecule has 110 valence electrons. The summed E-state index contributed by atoms with van der Waals surface area (Å²) >= 11 is 7.08. The third-order valence-corrected chi connectivity index (χ3v) is 4.78. The summed E-state index contributed by atoms with van der Waals surface area (Å²) in [5.74, 6) is 0.848. The van der Waals surface area contributed by atoms with E-state index in [9.17, 15) is 0 Å². The van der Waals surface area contributed by atoms with Crippen molar-refractivity contribution in [2.24, 2.45) is 0 Å². The first kappa shape index (κ1) is 16.1. The van der Waals surface area contributed by atoms with Crippen molar-refractivity contribution in [2.45, 2.75) is 38.6 Å². The zero-order chi connectivity index (χ0) is 14.4. The molecule has 2 nitrogen and oxygen atoms in total. The van der Waals surface area contributed by atoms with Gasteiger partial charge < -0.3 is 10.1 Å². The minimum absolute atomic E-state index is 0.848. The van der Waals surface area contributed by atoms with Crippen LogP contribution in [0.2, 0.25) is 0 Å². The Morgan fingerprint density at radius 1 is 1.20 bits per heavy atom. The van der Waals surface area contributed by atoms with E-state index in [1.165, 1.54) is 37.7 Å². The van der Waals surface area contributed by atoms with E-state index >= 15 is 0 Å². The number of methoxy groups -OCH3 is 1. The van der Waals surface area contributed by atoms with Crippen LogP contribution < -0.4 is 10.1 Å². The third kappa shape index (κ3) is 4.61. The predicted octanol–water partition coefficient (Wildman–Crippen LogP) is 5.20. The summed E-state index contributed by atoms with van der Waals surface area (Å²) < 4.78 is 7.29. The highest BCUT2D eigenvalue weighted by Crippen LogP contribution is 2.34. The van der Waals surface area contributed by atoms with Crippen LogP contribution in [0.4, 0.5) is 0 Å². The Morgan fingerprint density at radius 3 is 2.55 bits per heavy atom. The zero-order valence-electron chi connectivity index (χ0n) is 11.8. The Labute approximate surface area is 138 Å². The summed E-state index contributed by atoms with van der Waals surface area (Å²) in [4.78, 5) is 0. The Hall–Kier alpha value is -0.320. The van der Waals surface area contributed by atoms with E-state index in [0.29, 0.717) is 0 Å². The number of benzene rings is 1. The number of ether oxygens (including phenoxy) is 1. The van der Waals surface area contributed by atoms with E-state index in [1.54, 1.807) is 12.7 Å². The van der Waals surface area contributed by atoms with E-state index < -0.39 is 0 Å². The zero-order valence-corrected chi connectivity index (χ0v) is 15.0. The molecule has 0 aromatic heterocycles. The van der Waals surface area contributed by atoms with Crippen molar-refractivity contribution < 1.29 is 4.74 Å². The Kier molecular flexibility index (Phi) is 6.59. The number of rotatable bonds is 6. The fourth-order valence-electron chi connectivity index (χ4n) is 2.52. The second kappa shape index (κ2) is 8.20. The van der Waals surface area contributed by atoms with E-state index in [0.717, 1.165) is 27.8 Å². The first-order chi connectivity index (χ1) is 9.70. The highest BCUT2D eigenvalue weighted by molar-refractivity contribution is 9.11. The molecular formula is C16H21Br2NO. The van der Waals surface area contributed by atoms with Crippen LogP contribution in [0.25, 0.3) is 0 Å². The van der Waals surface area contributed by atoms with E-state index in [2.05, 4.69) is 55.4 Å². The maximum atomic E-state index is 5.31. The minimum atomic E-state index is 0.848. The molecule has 0 saturated carbocycles. The van der Waals surface area contributed by atoms with Crippen molar-refractivity contribution in [3.63, 3.8) is 0 Å². The summed E-state index contributed by atoms with van der Waals surface area (Å²) in [6, 6.07) is 4.22. The van der Waals surface area contributed by atoms with Gasteiger partial charge in [-0.3, -0.25) is 0 Å². The first-order valence-electron chi connectivity index (χ1n) is 7.11. The van der Waals surface area contributed by atoms with Crippen LogP contribution in [0.5, 0.6) is 5.75 Å². The average molecular weight is 403 g/mol. The minimum Gasteiger partial charge on any atom is -0.494 e. The summed E-state index contributed by atoms with van der Waals surface area (Å²) in [5, 5.41) is 3.52. The summed E-state index contributed by atoms with van der Waals surface area (Å²) in [7, 11) is 1.68. The molecule has 0 amide bonds. The van der Waals surface area contributed by atoms with Crippen LogP contribution in [0.1, 0.15) is 37.7 Å². The molecular weight excluding hydrogens is 382 g/mol. The van der Waals surface area contributed by atoms with Crippen LogP contribution in [-0.4, -0.2) is 13.7 Å². The second-order valence-corrected chi connectivity index (χ2v) is 6.84. The molecule has 20 heavy (non-hydrogen) atoms. The van der Waals surface area contributed by atoms with Gasteiger partial charge in [0, 0.05) is 6.54 Å². The summed E-state index contributed by atoms with van der Waals surface area (Å²) in [6.45, 7) is 1.93. The normalized spacial score (nSPS) is 15.1. The lowest BCUT2D eigenvalue weighted by atomic mass is 9.97. The molecule has 0 unspecified atom stereocenters. The van der Waals surface area contributed by atoms with Gasteiger partial charge in [-0.2, -0.15) is 0 Å². The molecule has 1 N–H and O–H groups in total. The molecule has 2 rings (SSSR count). The molecule has 0 fully saturated rings. The van der Waals surface area contributed by atoms with Gasteiger partial charge in [0.05, 0.1) is 16.1 Å². The van der Waals surface area contributed by atoms with Crippen molar-refractivity contribution in [1.29, 1.82) is 0 Å². The van der Waals surface area contributed by atoms with Gasteiger partial charge >= 0.3 is 0 Å². The van der Waals surface area contributed by atoms with E-state index in [-0.39, 0.29) is 0 Å². The fourth-order valence-corrected chi connectivity index (χ4v) is 4.13. The van der Waals surface area contributed by atoms with Crippen LogP contribution in [0, 0.1) is 0 Å². The topological polar surface area (TPSA) is 21.3 Å². The molecule has 1 aromatic carbocycles. The lowest BCUT2D eigenvalue weighted by Gasteiger charge is -2.13. The smallest absolute Gasteiger partial charge is 0.147 e. The van der Waals surface area contributed by atoms with Gasteiger partial charge in [-0.25, -0.2) is 0 Å². The summed E-state index contributed by atoms with van der Waals surface area (Å²) in [6.07, 6.45) is 8.90. The quantitative estimate of drug-likeness (QED) is 0.521. The molecule has 0 saturated heterocycles. The molecule has 0 bridgehead atoms. The number of hydrogen-bond acceptors (Lipinski definition) is 2. The third-order valence-electron chi connectivity index (χ3n) is 3.60. The maximum Gasteiger partial charge on any atom is 0.147 e. The molecule has 1 aliphatic rings. The highest BCUT2D eigenvalue weighted by Gasteiger charge is 2.08. The van der Waals surface area contributed by atoms with Gasteiger partial charge in [0.25, 0.3) is 0 Å². The number of halogens is 2. The molecule has 0 aliphatic heterocycles. The maximum absolute atomic E-state index is 5.31. The lowest BCUT2D eigenvalue weighted by Crippen LogP contribution is -2.15. The lowest BCUT2D eigenvalue weighted by molar-refractivity contribution is 0.409. The van der Waals surface area contributed by atoms with Gasteiger partial charge in [-0.1, -0.05) is 11.6 Å². The standard InChI is InChI=1S/C16H21Br2NO/c1-20-16-14(17)9-13(10-15(16)18)11-19-8-7-12-5-3-2-4-6-12/h5,9-10,19H,2-4,6-8,11H2,1H3. The average Bonchev–Trinajstić information content (AvgIpc) is 2.44. The van der Waals surface area contributed by atoms with Gasteiger partial charge in [-0.05, 0) is 88.2 Å². The first-order valence-corrected chi connectivity index (χ1v) is 8.70. The molecule has 1 aromatic rings. The highest BCUT2D eigenvalue weighted by atomic mass is 79.9. The molecule has 0 heterocycles. The monoisotopic (exact) mass is 401 g/mol. The van der Waals surface area contributed by atoms with Crippen LogP contribution in [-0.2, 0) is 6.54 Å². The van der Waals surface area contributed by atoms with E-state index in [4.69, 9.17) is 4.74 Å². The number of allylic oxidation sites excluding steroid dienone is 1. The SMILES string of the molecule is COc1c(Br)cc(CNCCC2=CCCCC2)cc1Br. The van der Waals surface area contributed by atoms with Gasteiger partial charge in [-0.15, -0.1) is 0 Å². The Morgan fingerprint density at radius 2 is 1.95 bits per heavy atom. The van der Waals surface area contributed by atoms with Crippen LogP contribution >= 0.6 is 31.9 Å². The van der Waals surface area contributed by atoms with E-state index in [1.807, 2.05) is 0 Å². The van der Waals surface area contributed by atoms with Crippen molar-refractivity contribution in [1.82, 2.24) is 5.32 Å². The molecule has 0 radical (unpaired) electrons. The Bertz CT molecular complexity index is 462. The van der Waals surface area contributed by atoms with Crippen LogP contribution in [0.15, 0.2) is 32.7 Å². The van der Waals surface area contributed by atoms with Gasteiger partial charge in [0.15, 0.2) is 0 Å². The Balaban J connectivity index is 1.80.